The fraction of sp³-hybridized carbons (Fsp3) is 0.111. The quantitative estimate of drug-likeness (QED) is 0.605. The molecule has 0 saturated heterocycles. The van der Waals surface area contributed by atoms with Gasteiger partial charge in [-0.15, -0.1) is 5.10 Å². The van der Waals surface area contributed by atoms with Gasteiger partial charge in [0.2, 0.25) is 0 Å². The van der Waals surface area contributed by atoms with Gasteiger partial charge in [-0.1, -0.05) is 5.21 Å². The zero-order chi connectivity index (χ0) is 12.6. The molecule has 1 heterocycles. The van der Waals surface area contributed by atoms with Crippen LogP contribution in [0.5, 0.6) is 0 Å². The first kappa shape index (κ1) is 13.1. The summed E-state index contributed by atoms with van der Waals surface area (Å²) in [7, 11) is 0. The standard InChI is InChI=1S/C9H4F3I2N3/c10-9(11,12)5-1-3-6(4-2-5)17-8(14)7(13)15-16-17/h1-4H. The van der Waals surface area contributed by atoms with Crippen molar-refractivity contribution in [2.45, 2.75) is 6.18 Å². The molecule has 0 spiro atoms. The van der Waals surface area contributed by atoms with Gasteiger partial charge >= 0.3 is 6.18 Å². The van der Waals surface area contributed by atoms with E-state index in [9.17, 15) is 13.2 Å². The Balaban J connectivity index is 2.40. The molecule has 1 aromatic carbocycles. The first-order chi connectivity index (χ1) is 7.89. The normalized spacial score (nSPS) is 11.8. The first-order valence-electron chi connectivity index (χ1n) is 4.34. The van der Waals surface area contributed by atoms with Gasteiger partial charge in [0.1, 0.15) is 3.70 Å². The molecule has 17 heavy (non-hydrogen) atoms. The third kappa shape index (κ3) is 2.72. The zero-order valence-electron chi connectivity index (χ0n) is 8.04. The summed E-state index contributed by atoms with van der Waals surface area (Å²) >= 11 is 4.05. The molecule has 90 valence electrons. The Kier molecular flexibility index (Phi) is 3.61. The third-order valence-electron chi connectivity index (χ3n) is 2.02. The number of nitrogens with zero attached hydrogens (tertiary/aromatic N) is 3. The minimum atomic E-state index is -4.32. The first-order valence-corrected chi connectivity index (χ1v) is 6.49. The Morgan fingerprint density at radius 1 is 1.06 bits per heavy atom. The lowest BCUT2D eigenvalue weighted by Crippen LogP contribution is -2.06. The highest BCUT2D eigenvalue weighted by molar-refractivity contribution is 14.1. The van der Waals surface area contributed by atoms with Crippen molar-refractivity contribution in [1.29, 1.82) is 0 Å². The van der Waals surface area contributed by atoms with Gasteiger partial charge < -0.3 is 0 Å². The molecule has 3 nitrogen and oxygen atoms in total. The van der Waals surface area contributed by atoms with Gasteiger partial charge in [-0.25, -0.2) is 4.68 Å². The van der Waals surface area contributed by atoms with Crippen LogP contribution in [0.3, 0.4) is 0 Å². The molecular formula is C9H4F3I2N3. The highest BCUT2D eigenvalue weighted by atomic mass is 127. The van der Waals surface area contributed by atoms with Gasteiger partial charge in [0, 0.05) is 0 Å². The zero-order valence-corrected chi connectivity index (χ0v) is 12.4. The number of benzene rings is 1. The summed E-state index contributed by atoms with van der Waals surface area (Å²) in [6.07, 6.45) is -4.32. The van der Waals surface area contributed by atoms with Gasteiger partial charge in [0.15, 0.2) is 3.70 Å². The van der Waals surface area contributed by atoms with Crippen LogP contribution in [0.4, 0.5) is 13.2 Å². The second-order valence-electron chi connectivity index (χ2n) is 3.13. The van der Waals surface area contributed by atoms with Crippen LogP contribution in [0.2, 0.25) is 0 Å². The van der Waals surface area contributed by atoms with Crippen LogP contribution in [0.15, 0.2) is 24.3 Å². The van der Waals surface area contributed by atoms with Crippen molar-refractivity contribution in [3.63, 3.8) is 0 Å². The van der Waals surface area contributed by atoms with E-state index in [4.69, 9.17) is 0 Å². The molecule has 0 aliphatic rings. The Bertz CT molecular complexity index is 533. The maximum absolute atomic E-state index is 12.4. The van der Waals surface area contributed by atoms with Crippen LogP contribution >= 0.6 is 45.2 Å². The highest BCUT2D eigenvalue weighted by Gasteiger charge is 2.30. The van der Waals surface area contributed by atoms with Gasteiger partial charge in [-0.05, 0) is 69.4 Å². The van der Waals surface area contributed by atoms with Crippen molar-refractivity contribution in [2.75, 3.05) is 0 Å². The summed E-state index contributed by atoms with van der Waals surface area (Å²) in [5, 5.41) is 7.68. The van der Waals surface area contributed by atoms with E-state index >= 15 is 0 Å². The fourth-order valence-electron chi connectivity index (χ4n) is 1.21. The Morgan fingerprint density at radius 3 is 2.06 bits per heavy atom. The van der Waals surface area contributed by atoms with E-state index in [2.05, 4.69) is 10.3 Å². The van der Waals surface area contributed by atoms with E-state index in [1.54, 1.807) is 0 Å². The van der Waals surface area contributed by atoms with Gasteiger partial charge in [-0.2, -0.15) is 13.2 Å². The lowest BCUT2D eigenvalue weighted by Gasteiger charge is -2.07. The van der Waals surface area contributed by atoms with Crippen LogP contribution < -0.4 is 0 Å². The summed E-state index contributed by atoms with van der Waals surface area (Å²) in [6, 6.07) is 4.80. The van der Waals surface area contributed by atoms with Gasteiger partial charge in [0.05, 0.1) is 11.3 Å². The van der Waals surface area contributed by atoms with Gasteiger partial charge in [-0.3, -0.25) is 0 Å². The molecule has 0 unspecified atom stereocenters. The minimum Gasteiger partial charge on any atom is -0.206 e. The summed E-state index contributed by atoms with van der Waals surface area (Å²) in [4.78, 5) is 0. The molecule has 1 aromatic heterocycles. The molecule has 2 aromatic rings. The lowest BCUT2D eigenvalue weighted by molar-refractivity contribution is -0.137. The molecule has 0 fully saturated rings. The van der Waals surface area contributed by atoms with E-state index in [0.29, 0.717) is 9.39 Å². The largest absolute Gasteiger partial charge is 0.416 e. The Morgan fingerprint density at radius 2 is 1.65 bits per heavy atom. The molecule has 0 amide bonds. The Labute approximate surface area is 122 Å². The predicted octanol–water partition coefficient (Wildman–Crippen LogP) is 3.50. The third-order valence-corrected chi connectivity index (χ3v) is 4.74. The summed E-state index contributed by atoms with van der Waals surface area (Å²) in [6.45, 7) is 0. The van der Waals surface area contributed by atoms with E-state index < -0.39 is 11.7 Å². The monoisotopic (exact) mass is 465 g/mol. The van der Waals surface area contributed by atoms with Gasteiger partial charge in [0.25, 0.3) is 0 Å². The molecule has 0 bridgehead atoms. The number of alkyl halides is 3. The van der Waals surface area contributed by atoms with Crippen molar-refractivity contribution in [2.24, 2.45) is 0 Å². The van der Waals surface area contributed by atoms with Crippen LogP contribution in [0.25, 0.3) is 5.69 Å². The smallest absolute Gasteiger partial charge is 0.206 e. The lowest BCUT2D eigenvalue weighted by atomic mass is 10.2. The van der Waals surface area contributed by atoms with E-state index in [1.807, 2.05) is 45.2 Å². The molecule has 0 saturated carbocycles. The van der Waals surface area contributed by atoms with Crippen LogP contribution in [0.1, 0.15) is 5.56 Å². The SMILES string of the molecule is FC(F)(F)c1ccc(-n2nnc(I)c2I)cc1. The Hall–Kier alpha value is -0.390. The molecule has 0 radical (unpaired) electrons. The maximum Gasteiger partial charge on any atom is 0.416 e. The average Bonchev–Trinajstić information content (AvgIpc) is 2.59. The van der Waals surface area contributed by atoms with Crippen LogP contribution in [0, 0.1) is 7.40 Å². The maximum atomic E-state index is 12.4. The van der Waals surface area contributed by atoms with Crippen LogP contribution in [-0.2, 0) is 6.18 Å². The second-order valence-corrected chi connectivity index (χ2v) is 5.17. The van der Waals surface area contributed by atoms with Crippen molar-refractivity contribution in [3.8, 4) is 5.69 Å². The van der Waals surface area contributed by atoms with E-state index in [0.717, 1.165) is 15.8 Å². The molecule has 8 heteroatoms. The summed E-state index contributed by atoms with van der Waals surface area (Å²) < 4.78 is 40.1. The summed E-state index contributed by atoms with van der Waals surface area (Å²) in [5.74, 6) is 0. The number of aromatic nitrogens is 3. The highest BCUT2D eigenvalue weighted by Crippen LogP contribution is 2.29. The number of halogens is 5. The van der Waals surface area contributed by atoms with Crippen molar-refractivity contribution >= 4 is 45.2 Å². The van der Waals surface area contributed by atoms with Crippen molar-refractivity contribution < 1.29 is 13.2 Å². The molecule has 0 aliphatic carbocycles. The molecule has 0 aliphatic heterocycles. The average molecular weight is 465 g/mol. The summed E-state index contributed by atoms with van der Waals surface area (Å²) in [5.41, 5.74) is -0.121. The molecule has 0 N–H and O–H groups in total. The number of hydrogen-bond donors (Lipinski definition) is 0. The topological polar surface area (TPSA) is 30.7 Å². The fourth-order valence-corrected chi connectivity index (χ4v) is 2.02. The van der Waals surface area contributed by atoms with Crippen molar-refractivity contribution in [3.05, 3.63) is 37.2 Å². The van der Waals surface area contributed by atoms with Crippen molar-refractivity contribution in [1.82, 2.24) is 15.0 Å². The molecular weight excluding hydrogens is 461 g/mol. The minimum absolute atomic E-state index is 0.554. The molecule has 0 atom stereocenters. The number of rotatable bonds is 1. The number of hydrogen-bond acceptors (Lipinski definition) is 2. The molecule has 2 rings (SSSR count). The van der Waals surface area contributed by atoms with E-state index in [1.165, 1.54) is 16.8 Å². The van der Waals surface area contributed by atoms with Crippen LogP contribution in [-0.4, -0.2) is 15.0 Å². The van der Waals surface area contributed by atoms with E-state index in [-0.39, 0.29) is 0 Å². The predicted molar refractivity (Wildman–Crippen MR) is 71.8 cm³/mol. The second kappa shape index (κ2) is 4.71.